The Morgan fingerprint density at radius 2 is 2.04 bits per heavy atom. The molecule has 0 spiro atoms. The van der Waals surface area contributed by atoms with Gasteiger partial charge in [0, 0.05) is 29.8 Å². The number of carbonyl (C=O) groups is 1. The van der Waals surface area contributed by atoms with Crippen LogP contribution in [0.25, 0.3) is 0 Å². The van der Waals surface area contributed by atoms with E-state index >= 15 is 0 Å². The van der Waals surface area contributed by atoms with Crippen molar-refractivity contribution >= 4 is 11.6 Å². The third kappa shape index (κ3) is 3.79. The lowest BCUT2D eigenvalue weighted by atomic mass is 10.1. The Bertz CT molecular complexity index is 813. The van der Waals surface area contributed by atoms with Crippen LogP contribution in [-0.2, 0) is 6.54 Å². The van der Waals surface area contributed by atoms with Gasteiger partial charge in [-0.1, -0.05) is 6.07 Å². The molecule has 1 aromatic heterocycles. The van der Waals surface area contributed by atoms with Gasteiger partial charge in [0.1, 0.15) is 0 Å². The molecule has 2 aromatic rings. The second-order valence-corrected chi connectivity index (χ2v) is 5.00. The van der Waals surface area contributed by atoms with Crippen molar-refractivity contribution in [3.8, 4) is 0 Å². The molecule has 0 fully saturated rings. The van der Waals surface area contributed by atoms with E-state index in [4.69, 9.17) is 0 Å². The minimum atomic E-state index is -0.525. The van der Waals surface area contributed by atoms with Crippen LogP contribution in [0.4, 0.5) is 5.69 Å². The predicted octanol–water partition coefficient (Wildman–Crippen LogP) is 1.20. The first kappa shape index (κ1) is 16.3. The molecule has 1 N–H and O–H groups in total. The second kappa shape index (κ2) is 6.82. The number of nitrogens with zero attached hydrogens (tertiary/aromatic N) is 3. The van der Waals surface area contributed by atoms with Crippen LogP contribution in [0, 0.1) is 24.0 Å². The van der Waals surface area contributed by atoms with Crippen LogP contribution in [0.5, 0.6) is 0 Å². The van der Waals surface area contributed by atoms with Crippen molar-refractivity contribution in [3.63, 3.8) is 0 Å². The lowest BCUT2D eigenvalue weighted by molar-refractivity contribution is -0.385. The van der Waals surface area contributed by atoms with Crippen molar-refractivity contribution in [3.05, 3.63) is 67.6 Å². The number of aryl methyl sites for hydroxylation is 1. The summed E-state index contributed by atoms with van der Waals surface area (Å²) in [4.78, 5) is 34.1. The highest BCUT2D eigenvalue weighted by Gasteiger charge is 2.17. The molecule has 0 aliphatic rings. The summed E-state index contributed by atoms with van der Waals surface area (Å²) >= 11 is 0. The number of nitro groups is 1. The molecule has 23 heavy (non-hydrogen) atoms. The van der Waals surface area contributed by atoms with Gasteiger partial charge in [0.15, 0.2) is 0 Å². The van der Waals surface area contributed by atoms with Gasteiger partial charge in [-0.3, -0.25) is 19.7 Å². The first-order chi connectivity index (χ1) is 10.9. The van der Waals surface area contributed by atoms with E-state index < -0.39 is 10.8 Å². The van der Waals surface area contributed by atoms with Crippen molar-refractivity contribution in [2.75, 3.05) is 6.54 Å². The van der Waals surface area contributed by atoms with Crippen molar-refractivity contribution in [1.82, 2.24) is 15.1 Å². The lowest BCUT2D eigenvalue weighted by Gasteiger charge is -2.09. The summed E-state index contributed by atoms with van der Waals surface area (Å²) < 4.78 is 1.26. The fourth-order valence-electron chi connectivity index (χ4n) is 2.15. The van der Waals surface area contributed by atoms with Crippen LogP contribution < -0.4 is 10.9 Å². The van der Waals surface area contributed by atoms with E-state index in [0.717, 1.165) is 0 Å². The van der Waals surface area contributed by atoms with Crippen LogP contribution in [0.2, 0.25) is 0 Å². The molecule has 1 heterocycles. The Kier molecular flexibility index (Phi) is 4.85. The number of hydrogen-bond acceptors (Lipinski definition) is 5. The molecule has 0 unspecified atom stereocenters. The summed E-state index contributed by atoms with van der Waals surface area (Å²) in [6.45, 7) is 3.71. The highest BCUT2D eigenvalue weighted by molar-refractivity contribution is 5.96. The molecule has 0 saturated heterocycles. The number of nitro benzene ring substituents is 1. The number of benzene rings is 1. The largest absolute Gasteiger partial charge is 0.350 e. The molecular formula is C15H16N4O4. The Balaban J connectivity index is 2.06. The van der Waals surface area contributed by atoms with Gasteiger partial charge in [-0.15, -0.1) is 0 Å². The first-order valence-corrected chi connectivity index (χ1v) is 6.97. The topological polar surface area (TPSA) is 107 Å². The average Bonchev–Trinajstić information content (AvgIpc) is 2.50. The number of rotatable bonds is 5. The zero-order chi connectivity index (χ0) is 17.0. The third-order valence-electron chi connectivity index (χ3n) is 3.36. The quantitative estimate of drug-likeness (QED) is 0.659. The smallest absolute Gasteiger partial charge is 0.273 e. The van der Waals surface area contributed by atoms with Crippen LogP contribution in [-0.4, -0.2) is 27.2 Å². The Labute approximate surface area is 131 Å². The van der Waals surface area contributed by atoms with Crippen molar-refractivity contribution in [2.45, 2.75) is 20.4 Å². The summed E-state index contributed by atoms with van der Waals surface area (Å²) in [6.07, 6.45) is 0. The molecular weight excluding hydrogens is 300 g/mol. The summed E-state index contributed by atoms with van der Waals surface area (Å²) in [6, 6.07) is 7.36. The fraction of sp³-hybridized carbons (Fsp3) is 0.267. The van der Waals surface area contributed by atoms with E-state index in [2.05, 4.69) is 10.4 Å². The van der Waals surface area contributed by atoms with Gasteiger partial charge in [0.2, 0.25) is 0 Å². The van der Waals surface area contributed by atoms with Gasteiger partial charge in [0.05, 0.1) is 17.2 Å². The van der Waals surface area contributed by atoms with Crippen LogP contribution >= 0.6 is 0 Å². The SMILES string of the molecule is Cc1ccc(=O)n(CCNC(=O)c2cccc([N+](=O)[O-])c2C)n1. The number of aromatic nitrogens is 2. The molecule has 120 valence electrons. The molecule has 0 radical (unpaired) electrons. The van der Waals surface area contributed by atoms with E-state index in [0.29, 0.717) is 11.3 Å². The van der Waals surface area contributed by atoms with Crippen LogP contribution in [0.3, 0.4) is 0 Å². The van der Waals surface area contributed by atoms with Gasteiger partial charge in [-0.25, -0.2) is 4.68 Å². The number of nitrogens with one attached hydrogen (secondary N) is 1. The molecule has 0 aliphatic heterocycles. The Hall–Kier alpha value is -3.03. The van der Waals surface area contributed by atoms with E-state index in [1.807, 2.05) is 0 Å². The van der Waals surface area contributed by atoms with Crippen molar-refractivity contribution in [2.24, 2.45) is 0 Å². The normalized spacial score (nSPS) is 10.3. The fourth-order valence-corrected chi connectivity index (χ4v) is 2.15. The molecule has 8 nitrogen and oxygen atoms in total. The summed E-state index contributed by atoms with van der Waals surface area (Å²) in [5, 5.41) is 17.6. The summed E-state index contributed by atoms with van der Waals surface area (Å²) in [7, 11) is 0. The maximum Gasteiger partial charge on any atom is 0.273 e. The van der Waals surface area contributed by atoms with E-state index in [1.165, 1.54) is 35.9 Å². The summed E-state index contributed by atoms with van der Waals surface area (Å²) in [5.74, 6) is -0.424. The Morgan fingerprint density at radius 1 is 1.30 bits per heavy atom. The first-order valence-electron chi connectivity index (χ1n) is 6.97. The van der Waals surface area contributed by atoms with E-state index in [1.54, 1.807) is 13.0 Å². The average molecular weight is 316 g/mol. The third-order valence-corrected chi connectivity index (χ3v) is 3.36. The molecule has 1 amide bonds. The lowest BCUT2D eigenvalue weighted by Crippen LogP contribution is -2.32. The maximum absolute atomic E-state index is 12.1. The predicted molar refractivity (Wildman–Crippen MR) is 83.4 cm³/mol. The number of hydrogen-bond donors (Lipinski definition) is 1. The maximum atomic E-state index is 12.1. The van der Waals surface area contributed by atoms with Gasteiger partial charge < -0.3 is 5.32 Å². The zero-order valence-corrected chi connectivity index (χ0v) is 12.8. The number of amides is 1. The van der Waals surface area contributed by atoms with Gasteiger partial charge in [-0.2, -0.15) is 5.10 Å². The summed E-state index contributed by atoms with van der Waals surface area (Å²) in [5.41, 5.74) is 0.889. The van der Waals surface area contributed by atoms with Crippen LogP contribution in [0.1, 0.15) is 21.6 Å². The zero-order valence-electron chi connectivity index (χ0n) is 12.8. The minimum absolute atomic E-state index is 0.103. The highest BCUT2D eigenvalue weighted by atomic mass is 16.6. The molecule has 0 saturated carbocycles. The van der Waals surface area contributed by atoms with Crippen molar-refractivity contribution in [1.29, 1.82) is 0 Å². The molecule has 0 aliphatic carbocycles. The van der Waals surface area contributed by atoms with Gasteiger partial charge in [0.25, 0.3) is 17.2 Å². The van der Waals surface area contributed by atoms with Crippen LogP contribution in [0.15, 0.2) is 35.1 Å². The monoisotopic (exact) mass is 316 g/mol. The minimum Gasteiger partial charge on any atom is -0.350 e. The highest BCUT2D eigenvalue weighted by Crippen LogP contribution is 2.20. The molecule has 8 heteroatoms. The second-order valence-electron chi connectivity index (χ2n) is 5.00. The van der Waals surface area contributed by atoms with Gasteiger partial charge in [-0.05, 0) is 26.0 Å². The molecule has 2 rings (SSSR count). The van der Waals surface area contributed by atoms with E-state index in [9.17, 15) is 19.7 Å². The van der Waals surface area contributed by atoms with Gasteiger partial charge >= 0.3 is 0 Å². The number of carbonyl (C=O) groups excluding carboxylic acids is 1. The molecule has 0 bridgehead atoms. The van der Waals surface area contributed by atoms with Crippen molar-refractivity contribution < 1.29 is 9.72 Å². The van der Waals surface area contributed by atoms with E-state index in [-0.39, 0.29) is 29.9 Å². The Morgan fingerprint density at radius 3 is 2.74 bits per heavy atom. The molecule has 1 aromatic carbocycles. The molecule has 0 atom stereocenters. The standard InChI is InChI=1S/C15H16N4O4/c1-10-6-7-14(20)18(17-10)9-8-16-15(21)12-4-3-5-13(11(12)2)19(22)23/h3-7H,8-9H2,1-2H3,(H,16,21).